The Bertz CT molecular complexity index is 583. The molecule has 0 aliphatic carbocycles. The molecule has 0 aromatic heterocycles. The molecule has 2 amide bonds. The first-order valence-electron chi connectivity index (χ1n) is 8.45. The number of benzene rings is 1. The summed E-state index contributed by atoms with van der Waals surface area (Å²) in [6.45, 7) is 5.67. The molecule has 1 aliphatic heterocycles. The van der Waals surface area contributed by atoms with Crippen LogP contribution >= 0.6 is 0 Å². The van der Waals surface area contributed by atoms with Crippen LogP contribution in [0.1, 0.15) is 33.1 Å². The number of piperidine rings is 1. The Hall–Kier alpha value is -2.08. The van der Waals surface area contributed by atoms with Crippen LogP contribution in [0.15, 0.2) is 18.2 Å². The molecule has 1 fully saturated rings. The lowest BCUT2D eigenvalue weighted by Gasteiger charge is -2.27. The molecule has 0 radical (unpaired) electrons. The summed E-state index contributed by atoms with van der Waals surface area (Å²) in [5, 5.41) is 8.97. The summed E-state index contributed by atoms with van der Waals surface area (Å²) in [7, 11) is 1.53. The maximum absolute atomic E-state index is 12.3. The predicted octanol–water partition coefficient (Wildman–Crippen LogP) is 2.62. The first-order chi connectivity index (χ1) is 11.5. The lowest BCUT2D eigenvalue weighted by molar-refractivity contribution is -0.117. The maximum atomic E-state index is 12.3. The van der Waals surface area contributed by atoms with Crippen molar-refractivity contribution in [3.8, 4) is 5.75 Å². The molecule has 0 spiro atoms. The Morgan fingerprint density at radius 2 is 2.00 bits per heavy atom. The first kappa shape index (κ1) is 18.3. The molecule has 3 N–H and O–H groups in total. The van der Waals surface area contributed by atoms with Gasteiger partial charge in [0.1, 0.15) is 5.75 Å². The second-order valence-corrected chi connectivity index (χ2v) is 6.41. The van der Waals surface area contributed by atoms with E-state index in [0.29, 0.717) is 35.4 Å². The minimum atomic E-state index is -0.166. The zero-order valence-corrected chi connectivity index (χ0v) is 14.6. The van der Waals surface area contributed by atoms with Crippen molar-refractivity contribution in [3.05, 3.63) is 18.2 Å². The van der Waals surface area contributed by atoms with Crippen LogP contribution in [-0.4, -0.2) is 32.0 Å². The number of nitrogens with one attached hydrogen (secondary N) is 3. The largest absolute Gasteiger partial charge is 0.494 e. The lowest BCUT2D eigenvalue weighted by atomic mass is 9.84. The van der Waals surface area contributed by atoms with Crippen molar-refractivity contribution in [2.24, 2.45) is 11.8 Å². The summed E-state index contributed by atoms with van der Waals surface area (Å²) in [4.78, 5) is 23.5. The van der Waals surface area contributed by atoms with Gasteiger partial charge in [-0.1, -0.05) is 6.92 Å². The molecule has 1 heterocycles. The van der Waals surface area contributed by atoms with Gasteiger partial charge in [0.2, 0.25) is 11.8 Å². The molecule has 1 atom stereocenters. The number of amides is 2. The normalized spacial score (nSPS) is 16.3. The number of carbonyl (C=O) groups excluding carboxylic acids is 2. The van der Waals surface area contributed by atoms with E-state index in [1.165, 1.54) is 14.0 Å². The molecule has 6 nitrogen and oxygen atoms in total. The van der Waals surface area contributed by atoms with Gasteiger partial charge in [0.15, 0.2) is 0 Å². The smallest absolute Gasteiger partial charge is 0.224 e. The van der Waals surface area contributed by atoms with Gasteiger partial charge in [0.05, 0.1) is 12.8 Å². The Labute approximate surface area is 143 Å². The fourth-order valence-electron chi connectivity index (χ4n) is 3.15. The van der Waals surface area contributed by atoms with Gasteiger partial charge in [0, 0.05) is 25.1 Å². The molecular weight excluding hydrogens is 306 g/mol. The van der Waals surface area contributed by atoms with E-state index in [2.05, 4.69) is 22.9 Å². The standard InChI is InChI=1S/C18H27N3O3/c1-12(14-6-8-19-9-7-14)10-18(23)21-15-4-5-16(20-13(2)22)17(11-15)24-3/h4-5,11-12,14,19H,6-10H2,1-3H3,(H,20,22)(H,21,23). The Balaban J connectivity index is 1.94. The van der Waals surface area contributed by atoms with Crippen molar-refractivity contribution >= 4 is 23.2 Å². The Morgan fingerprint density at radius 1 is 1.29 bits per heavy atom. The van der Waals surface area contributed by atoms with E-state index in [0.717, 1.165) is 25.9 Å². The maximum Gasteiger partial charge on any atom is 0.224 e. The van der Waals surface area contributed by atoms with Crippen molar-refractivity contribution in [1.29, 1.82) is 0 Å². The zero-order valence-electron chi connectivity index (χ0n) is 14.6. The van der Waals surface area contributed by atoms with E-state index in [9.17, 15) is 9.59 Å². The summed E-state index contributed by atoms with van der Waals surface area (Å²) in [5.74, 6) is 1.34. The second kappa shape index (κ2) is 8.68. The van der Waals surface area contributed by atoms with Crippen LogP contribution in [0.5, 0.6) is 5.75 Å². The molecule has 0 bridgehead atoms. The van der Waals surface area contributed by atoms with Crippen molar-refractivity contribution < 1.29 is 14.3 Å². The summed E-state index contributed by atoms with van der Waals surface area (Å²) in [6, 6.07) is 5.21. The van der Waals surface area contributed by atoms with Crippen LogP contribution in [0.3, 0.4) is 0 Å². The van der Waals surface area contributed by atoms with E-state index in [-0.39, 0.29) is 11.8 Å². The third-order valence-electron chi connectivity index (χ3n) is 4.49. The van der Waals surface area contributed by atoms with Gasteiger partial charge in [-0.3, -0.25) is 9.59 Å². The molecule has 2 rings (SSSR count). The van der Waals surface area contributed by atoms with Gasteiger partial charge in [-0.15, -0.1) is 0 Å². The average Bonchev–Trinajstić information content (AvgIpc) is 2.56. The van der Waals surface area contributed by atoms with Gasteiger partial charge in [-0.2, -0.15) is 0 Å². The van der Waals surface area contributed by atoms with Gasteiger partial charge < -0.3 is 20.7 Å². The van der Waals surface area contributed by atoms with E-state index in [1.54, 1.807) is 18.2 Å². The molecular formula is C18H27N3O3. The molecule has 24 heavy (non-hydrogen) atoms. The SMILES string of the molecule is COc1cc(NC(=O)CC(C)C2CCNCC2)ccc1NC(C)=O. The number of anilines is 2. The summed E-state index contributed by atoms with van der Waals surface area (Å²) in [6.07, 6.45) is 2.78. The zero-order chi connectivity index (χ0) is 17.5. The van der Waals surface area contributed by atoms with Crippen LogP contribution in [0.25, 0.3) is 0 Å². The van der Waals surface area contributed by atoms with Gasteiger partial charge in [0.25, 0.3) is 0 Å². The highest BCUT2D eigenvalue weighted by atomic mass is 16.5. The highest BCUT2D eigenvalue weighted by molar-refractivity contribution is 5.93. The number of hydrogen-bond donors (Lipinski definition) is 3. The van der Waals surface area contributed by atoms with Gasteiger partial charge in [-0.25, -0.2) is 0 Å². The lowest BCUT2D eigenvalue weighted by Crippen LogP contribution is -2.32. The van der Waals surface area contributed by atoms with E-state index in [1.807, 2.05) is 0 Å². The third kappa shape index (κ3) is 5.23. The van der Waals surface area contributed by atoms with E-state index < -0.39 is 0 Å². The third-order valence-corrected chi connectivity index (χ3v) is 4.49. The van der Waals surface area contributed by atoms with E-state index in [4.69, 9.17) is 4.74 Å². The molecule has 1 aliphatic rings. The minimum Gasteiger partial charge on any atom is -0.494 e. The molecule has 1 unspecified atom stereocenters. The molecule has 0 saturated carbocycles. The summed E-state index contributed by atoms with van der Waals surface area (Å²) in [5.41, 5.74) is 1.26. The molecule has 1 aromatic rings. The molecule has 1 aromatic carbocycles. The average molecular weight is 333 g/mol. The van der Waals surface area contributed by atoms with Crippen LogP contribution in [0.2, 0.25) is 0 Å². The first-order valence-corrected chi connectivity index (χ1v) is 8.45. The van der Waals surface area contributed by atoms with Gasteiger partial charge >= 0.3 is 0 Å². The molecule has 132 valence electrons. The van der Waals surface area contributed by atoms with Crippen LogP contribution in [0, 0.1) is 11.8 Å². The van der Waals surface area contributed by atoms with Crippen LogP contribution in [0.4, 0.5) is 11.4 Å². The number of rotatable bonds is 6. The second-order valence-electron chi connectivity index (χ2n) is 6.41. The number of hydrogen-bond acceptors (Lipinski definition) is 4. The van der Waals surface area contributed by atoms with Crippen molar-refractivity contribution in [3.63, 3.8) is 0 Å². The summed E-state index contributed by atoms with van der Waals surface area (Å²) >= 11 is 0. The van der Waals surface area contributed by atoms with Gasteiger partial charge in [-0.05, 0) is 49.9 Å². The predicted molar refractivity (Wildman–Crippen MR) is 95.3 cm³/mol. The highest BCUT2D eigenvalue weighted by Crippen LogP contribution is 2.29. The monoisotopic (exact) mass is 333 g/mol. The van der Waals surface area contributed by atoms with E-state index >= 15 is 0 Å². The summed E-state index contributed by atoms with van der Waals surface area (Å²) < 4.78 is 5.27. The van der Waals surface area contributed by atoms with Crippen LogP contribution < -0.4 is 20.7 Å². The number of carbonyl (C=O) groups is 2. The highest BCUT2D eigenvalue weighted by Gasteiger charge is 2.22. The van der Waals surface area contributed by atoms with Crippen LogP contribution in [-0.2, 0) is 9.59 Å². The number of ether oxygens (including phenoxy) is 1. The molecule has 6 heteroatoms. The quantitative estimate of drug-likeness (QED) is 0.748. The topological polar surface area (TPSA) is 79.5 Å². The number of methoxy groups -OCH3 is 1. The Kier molecular flexibility index (Phi) is 6.61. The fourth-order valence-corrected chi connectivity index (χ4v) is 3.15. The molecule has 1 saturated heterocycles. The van der Waals surface area contributed by atoms with Crippen molar-refractivity contribution in [2.45, 2.75) is 33.1 Å². The minimum absolute atomic E-state index is 0.00960. The van der Waals surface area contributed by atoms with Crippen molar-refractivity contribution in [1.82, 2.24) is 5.32 Å². The Morgan fingerprint density at radius 3 is 2.62 bits per heavy atom. The van der Waals surface area contributed by atoms with Crippen molar-refractivity contribution in [2.75, 3.05) is 30.8 Å². The fraction of sp³-hybridized carbons (Fsp3) is 0.556.